The minimum absolute atomic E-state index is 0.0458. The minimum Gasteiger partial charge on any atom is -0.496 e. The van der Waals surface area contributed by atoms with Crippen molar-refractivity contribution in [2.75, 3.05) is 7.11 Å². The summed E-state index contributed by atoms with van der Waals surface area (Å²) in [5.74, 6) is 1.64. The lowest BCUT2D eigenvalue weighted by Gasteiger charge is -2.31. The van der Waals surface area contributed by atoms with Crippen LogP contribution in [0.25, 0.3) is 0 Å². The van der Waals surface area contributed by atoms with Crippen molar-refractivity contribution in [3.05, 3.63) is 56.5 Å². The molecule has 1 aliphatic rings. The van der Waals surface area contributed by atoms with E-state index >= 15 is 0 Å². The number of fused-ring (bicyclic) bond motifs is 1. The highest BCUT2D eigenvalue weighted by Gasteiger charge is 2.29. The number of halogens is 2. The third-order valence-corrected chi connectivity index (χ3v) is 4.64. The highest BCUT2D eigenvalue weighted by molar-refractivity contribution is 9.10. The maximum absolute atomic E-state index is 6.31. The van der Waals surface area contributed by atoms with E-state index in [1.54, 1.807) is 7.11 Å². The summed E-state index contributed by atoms with van der Waals surface area (Å²) in [6.07, 6.45) is 0.607. The van der Waals surface area contributed by atoms with Gasteiger partial charge in [-0.2, -0.15) is 0 Å². The molecule has 3 nitrogen and oxygen atoms in total. The number of methoxy groups -OCH3 is 1. The first-order valence-electron chi connectivity index (χ1n) is 6.63. The highest BCUT2D eigenvalue weighted by Crippen LogP contribution is 2.43. The van der Waals surface area contributed by atoms with E-state index in [2.05, 4.69) is 31.9 Å². The average molecular weight is 413 g/mol. The first kappa shape index (κ1) is 14.9. The smallest absolute Gasteiger partial charge is 0.129 e. The van der Waals surface area contributed by atoms with Gasteiger partial charge in [-0.05, 0) is 30.3 Å². The lowest BCUT2D eigenvalue weighted by atomic mass is 9.93. The van der Waals surface area contributed by atoms with Gasteiger partial charge in [-0.3, -0.25) is 0 Å². The van der Waals surface area contributed by atoms with Crippen molar-refractivity contribution in [2.24, 2.45) is 5.73 Å². The predicted octanol–water partition coefficient (Wildman–Crippen LogP) is 4.74. The van der Waals surface area contributed by atoms with Gasteiger partial charge in [-0.15, -0.1) is 0 Å². The van der Waals surface area contributed by atoms with Gasteiger partial charge >= 0.3 is 0 Å². The summed E-state index contributed by atoms with van der Waals surface area (Å²) in [5, 5.41) is 0. The van der Waals surface area contributed by atoms with Crippen molar-refractivity contribution in [1.29, 1.82) is 0 Å². The Hall–Kier alpha value is -1.04. The second kappa shape index (κ2) is 5.99. The Bertz CT molecular complexity index is 675. The van der Waals surface area contributed by atoms with E-state index in [1.165, 1.54) is 0 Å². The maximum Gasteiger partial charge on any atom is 0.129 e. The largest absolute Gasteiger partial charge is 0.496 e. The van der Waals surface area contributed by atoms with Gasteiger partial charge in [0.2, 0.25) is 0 Å². The average Bonchev–Trinajstić information content (AvgIpc) is 2.46. The summed E-state index contributed by atoms with van der Waals surface area (Å²) < 4.78 is 13.6. The van der Waals surface area contributed by atoms with Gasteiger partial charge in [0.05, 0.1) is 7.11 Å². The molecule has 1 heterocycles. The fraction of sp³-hybridized carbons (Fsp3) is 0.250. The molecule has 3 rings (SSSR count). The van der Waals surface area contributed by atoms with E-state index in [-0.39, 0.29) is 12.1 Å². The fourth-order valence-corrected chi connectivity index (χ4v) is 3.34. The number of rotatable bonds is 2. The van der Waals surface area contributed by atoms with Gasteiger partial charge in [-0.1, -0.05) is 37.9 Å². The van der Waals surface area contributed by atoms with Crippen LogP contribution in [-0.2, 0) is 0 Å². The molecule has 0 radical (unpaired) electrons. The molecule has 0 saturated heterocycles. The maximum atomic E-state index is 6.31. The summed E-state index contributed by atoms with van der Waals surface area (Å²) >= 11 is 6.97. The number of ether oxygens (including phenoxy) is 2. The normalized spacial score (nSPS) is 20.6. The number of nitrogens with two attached hydrogens (primary N) is 1. The Labute approximate surface area is 140 Å². The molecule has 2 aromatic carbocycles. The van der Waals surface area contributed by atoms with Crippen molar-refractivity contribution in [3.8, 4) is 11.5 Å². The number of hydrogen-bond donors (Lipinski definition) is 1. The van der Waals surface area contributed by atoms with Crippen LogP contribution in [0.15, 0.2) is 45.3 Å². The third-order valence-electron chi connectivity index (χ3n) is 3.65. The molecule has 5 heteroatoms. The molecular weight excluding hydrogens is 398 g/mol. The van der Waals surface area contributed by atoms with Crippen LogP contribution in [-0.4, -0.2) is 7.11 Å². The second-order valence-corrected chi connectivity index (χ2v) is 6.85. The van der Waals surface area contributed by atoms with Crippen molar-refractivity contribution >= 4 is 31.9 Å². The summed E-state index contributed by atoms with van der Waals surface area (Å²) in [7, 11) is 1.67. The first-order valence-corrected chi connectivity index (χ1v) is 8.22. The Morgan fingerprint density at radius 2 is 1.81 bits per heavy atom. The zero-order valence-electron chi connectivity index (χ0n) is 11.5. The quantitative estimate of drug-likeness (QED) is 0.774. The van der Waals surface area contributed by atoms with Crippen LogP contribution in [0.1, 0.15) is 29.7 Å². The molecule has 0 saturated carbocycles. The Morgan fingerprint density at radius 1 is 1.10 bits per heavy atom. The van der Waals surface area contributed by atoms with Crippen molar-refractivity contribution in [3.63, 3.8) is 0 Å². The van der Waals surface area contributed by atoms with Crippen LogP contribution in [0.2, 0.25) is 0 Å². The molecule has 110 valence electrons. The van der Waals surface area contributed by atoms with Crippen molar-refractivity contribution < 1.29 is 9.47 Å². The molecule has 0 aromatic heterocycles. The van der Waals surface area contributed by atoms with Crippen LogP contribution < -0.4 is 15.2 Å². The summed E-state index contributed by atoms with van der Waals surface area (Å²) in [4.78, 5) is 0. The van der Waals surface area contributed by atoms with E-state index in [9.17, 15) is 0 Å². The summed E-state index contributed by atoms with van der Waals surface area (Å²) in [5.41, 5.74) is 8.36. The van der Waals surface area contributed by atoms with Gasteiger partial charge < -0.3 is 15.2 Å². The summed E-state index contributed by atoms with van der Waals surface area (Å²) in [6, 6.07) is 11.8. The lowest BCUT2D eigenvalue weighted by Crippen LogP contribution is -2.24. The van der Waals surface area contributed by atoms with Crippen LogP contribution in [0, 0.1) is 0 Å². The highest BCUT2D eigenvalue weighted by atomic mass is 79.9. The van der Waals surface area contributed by atoms with Gasteiger partial charge in [0.25, 0.3) is 0 Å². The molecule has 0 spiro atoms. The van der Waals surface area contributed by atoms with E-state index in [0.717, 1.165) is 38.0 Å². The molecule has 1 aliphatic heterocycles. The minimum atomic E-state index is -0.116. The zero-order chi connectivity index (χ0) is 15.0. The molecule has 0 aliphatic carbocycles. The molecule has 0 fully saturated rings. The molecule has 2 N–H and O–H groups in total. The lowest BCUT2D eigenvalue weighted by molar-refractivity contribution is 0.157. The van der Waals surface area contributed by atoms with Gasteiger partial charge in [0.1, 0.15) is 17.6 Å². The van der Waals surface area contributed by atoms with E-state index in [0.29, 0.717) is 0 Å². The molecule has 0 bridgehead atoms. The SMILES string of the molecule is COc1ccc(Br)cc1C1C[C@@H](N)c2ccc(Br)cc2O1. The van der Waals surface area contributed by atoms with E-state index in [1.807, 2.05) is 36.4 Å². The predicted molar refractivity (Wildman–Crippen MR) is 89.8 cm³/mol. The molecule has 21 heavy (non-hydrogen) atoms. The zero-order valence-corrected chi connectivity index (χ0v) is 14.6. The number of hydrogen-bond acceptors (Lipinski definition) is 3. The van der Waals surface area contributed by atoms with Gasteiger partial charge in [0.15, 0.2) is 0 Å². The second-order valence-electron chi connectivity index (χ2n) is 5.02. The Morgan fingerprint density at radius 3 is 2.57 bits per heavy atom. The molecular formula is C16H15Br2NO2. The third kappa shape index (κ3) is 2.96. The van der Waals surface area contributed by atoms with Crippen LogP contribution in [0.5, 0.6) is 11.5 Å². The molecule has 2 aromatic rings. The topological polar surface area (TPSA) is 44.5 Å². The number of benzene rings is 2. The fourth-order valence-electron chi connectivity index (χ4n) is 2.62. The van der Waals surface area contributed by atoms with Crippen molar-refractivity contribution in [1.82, 2.24) is 0 Å². The monoisotopic (exact) mass is 411 g/mol. The van der Waals surface area contributed by atoms with Gasteiger partial charge in [0, 0.05) is 32.5 Å². The van der Waals surface area contributed by atoms with Crippen LogP contribution in [0.4, 0.5) is 0 Å². The summed E-state index contributed by atoms with van der Waals surface area (Å²) in [6.45, 7) is 0. The van der Waals surface area contributed by atoms with E-state index < -0.39 is 0 Å². The Kier molecular flexibility index (Phi) is 4.24. The molecule has 2 atom stereocenters. The molecule has 1 unspecified atom stereocenters. The standard InChI is InChI=1S/C16H15Br2NO2/c1-20-14-5-3-9(17)6-12(14)16-8-13(19)11-4-2-10(18)7-15(11)21-16/h2-7,13,16H,8,19H2,1H3/t13-,16?/m1/s1. The van der Waals surface area contributed by atoms with Crippen LogP contribution in [0.3, 0.4) is 0 Å². The molecule has 0 amide bonds. The Balaban J connectivity index is 2.01. The van der Waals surface area contributed by atoms with Crippen LogP contribution >= 0.6 is 31.9 Å². The van der Waals surface area contributed by atoms with Crippen molar-refractivity contribution in [2.45, 2.75) is 18.6 Å². The van der Waals surface area contributed by atoms with Gasteiger partial charge in [-0.25, -0.2) is 0 Å². The van der Waals surface area contributed by atoms with E-state index in [4.69, 9.17) is 15.2 Å². The first-order chi connectivity index (χ1) is 10.1.